The van der Waals surface area contributed by atoms with Crippen LogP contribution in [-0.4, -0.2) is 29.2 Å². The molecule has 0 aliphatic carbocycles. The van der Waals surface area contributed by atoms with Gasteiger partial charge in [0.15, 0.2) is 0 Å². The van der Waals surface area contributed by atoms with Crippen LogP contribution >= 0.6 is 0 Å². The Morgan fingerprint density at radius 3 is 2.44 bits per heavy atom. The van der Waals surface area contributed by atoms with Crippen LogP contribution < -0.4 is 10.3 Å². The maximum atomic E-state index is 12.8. The molecule has 3 rings (SSSR count). The van der Waals surface area contributed by atoms with Crippen LogP contribution in [0.15, 0.2) is 41.3 Å². The first-order chi connectivity index (χ1) is 13.0. The second-order valence-corrected chi connectivity index (χ2v) is 6.09. The zero-order chi connectivity index (χ0) is 19.6. The highest BCUT2D eigenvalue weighted by atomic mass is 16.5. The van der Waals surface area contributed by atoms with Crippen LogP contribution in [0.25, 0.3) is 22.2 Å². The molecule has 6 heteroatoms. The molecular formula is C21H22N2O4. The van der Waals surface area contributed by atoms with Gasteiger partial charge in [0.1, 0.15) is 17.0 Å². The lowest BCUT2D eigenvalue weighted by molar-refractivity contribution is 0.0523. The van der Waals surface area contributed by atoms with Crippen molar-refractivity contribution in [1.29, 1.82) is 0 Å². The van der Waals surface area contributed by atoms with Gasteiger partial charge in [-0.3, -0.25) is 9.36 Å². The fourth-order valence-electron chi connectivity index (χ4n) is 3.15. The van der Waals surface area contributed by atoms with Crippen molar-refractivity contribution in [2.45, 2.75) is 27.3 Å². The largest absolute Gasteiger partial charge is 0.497 e. The number of carbonyl (C=O) groups excluding carboxylic acids is 1. The van der Waals surface area contributed by atoms with E-state index >= 15 is 0 Å². The molecule has 140 valence electrons. The zero-order valence-corrected chi connectivity index (χ0v) is 15.9. The molecule has 2 aromatic heterocycles. The van der Waals surface area contributed by atoms with Crippen LogP contribution in [0.5, 0.6) is 5.75 Å². The van der Waals surface area contributed by atoms with Crippen molar-refractivity contribution in [1.82, 2.24) is 9.55 Å². The summed E-state index contributed by atoms with van der Waals surface area (Å²) in [5.74, 6) is 0.173. The van der Waals surface area contributed by atoms with E-state index in [-0.39, 0.29) is 17.7 Å². The molecule has 0 unspecified atom stereocenters. The van der Waals surface area contributed by atoms with Gasteiger partial charge in [-0.25, -0.2) is 9.78 Å². The van der Waals surface area contributed by atoms with E-state index in [9.17, 15) is 9.59 Å². The predicted octanol–water partition coefficient (Wildman–Crippen LogP) is 3.58. The predicted molar refractivity (Wildman–Crippen MR) is 104 cm³/mol. The smallest absolute Gasteiger partial charge is 0.344 e. The highest BCUT2D eigenvalue weighted by molar-refractivity contribution is 5.97. The van der Waals surface area contributed by atoms with Crippen LogP contribution in [-0.2, 0) is 11.3 Å². The van der Waals surface area contributed by atoms with Crippen molar-refractivity contribution in [3.8, 4) is 16.9 Å². The van der Waals surface area contributed by atoms with Gasteiger partial charge in [0.25, 0.3) is 5.56 Å². The molecule has 3 aromatic rings. The summed E-state index contributed by atoms with van der Waals surface area (Å²) in [6.45, 7) is 5.96. The van der Waals surface area contributed by atoms with E-state index in [1.807, 2.05) is 37.3 Å². The Balaban J connectivity index is 2.25. The molecular weight excluding hydrogens is 344 g/mol. The molecule has 0 aliphatic rings. The third-order valence-corrected chi connectivity index (χ3v) is 4.58. The average molecular weight is 366 g/mol. The first-order valence-corrected chi connectivity index (χ1v) is 8.86. The van der Waals surface area contributed by atoms with Crippen LogP contribution in [0.4, 0.5) is 0 Å². The van der Waals surface area contributed by atoms with E-state index in [1.54, 1.807) is 27.2 Å². The second-order valence-electron chi connectivity index (χ2n) is 6.09. The molecule has 0 saturated carbocycles. The van der Waals surface area contributed by atoms with Crippen LogP contribution in [0.2, 0.25) is 0 Å². The number of methoxy groups -OCH3 is 1. The number of pyridine rings is 2. The van der Waals surface area contributed by atoms with E-state index in [0.717, 1.165) is 22.3 Å². The standard InChI is InChI=1S/C21H22N2O4/c1-5-23-19-17(13(3)18(20(23)24)21(25)27-6-2)11-15(12-22-19)14-7-9-16(26-4)10-8-14/h7-12H,5-6H2,1-4H3. The number of fused-ring (bicyclic) bond motifs is 1. The summed E-state index contributed by atoms with van der Waals surface area (Å²) in [4.78, 5) is 29.7. The Morgan fingerprint density at radius 2 is 1.85 bits per heavy atom. The summed E-state index contributed by atoms with van der Waals surface area (Å²) in [5, 5.41) is 0.757. The summed E-state index contributed by atoms with van der Waals surface area (Å²) >= 11 is 0. The van der Waals surface area contributed by atoms with Crippen molar-refractivity contribution >= 4 is 17.0 Å². The molecule has 0 atom stereocenters. The van der Waals surface area contributed by atoms with Gasteiger partial charge < -0.3 is 9.47 Å². The summed E-state index contributed by atoms with van der Waals surface area (Å²) in [5.41, 5.74) is 2.71. The Kier molecular flexibility index (Phi) is 5.26. The van der Waals surface area contributed by atoms with Gasteiger partial charge in [0, 0.05) is 23.7 Å². The van der Waals surface area contributed by atoms with Gasteiger partial charge in [0.2, 0.25) is 0 Å². The highest BCUT2D eigenvalue weighted by Crippen LogP contribution is 2.27. The molecule has 0 fully saturated rings. The highest BCUT2D eigenvalue weighted by Gasteiger charge is 2.21. The Morgan fingerprint density at radius 1 is 1.15 bits per heavy atom. The minimum absolute atomic E-state index is 0.0693. The number of carbonyl (C=O) groups is 1. The number of esters is 1. The van der Waals surface area contributed by atoms with Crippen molar-refractivity contribution in [3.05, 3.63) is 58.0 Å². The first kappa shape index (κ1) is 18.6. The molecule has 0 bridgehead atoms. The normalized spacial score (nSPS) is 10.8. The van der Waals surface area contributed by atoms with E-state index in [2.05, 4.69) is 4.98 Å². The number of ether oxygens (including phenoxy) is 2. The van der Waals surface area contributed by atoms with Crippen LogP contribution in [0, 0.1) is 6.92 Å². The van der Waals surface area contributed by atoms with Gasteiger partial charge >= 0.3 is 5.97 Å². The van der Waals surface area contributed by atoms with Crippen LogP contribution in [0.3, 0.4) is 0 Å². The monoisotopic (exact) mass is 366 g/mol. The summed E-state index contributed by atoms with van der Waals surface area (Å²) < 4.78 is 11.8. The van der Waals surface area contributed by atoms with Crippen molar-refractivity contribution in [2.75, 3.05) is 13.7 Å². The van der Waals surface area contributed by atoms with Crippen molar-refractivity contribution < 1.29 is 14.3 Å². The zero-order valence-electron chi connectivity index (χ0n) is 15.9. The second kappa shape index (κ2) is 7.61. The first-order valence-electron chi connectivity index (χ1n) is 8.86. The Hall–Kier alpha value is -3.15. The number of aromatic nitrogens is 2. The molecule has 0 radical (unpaired) electrons. The molecule has 0 amide bonds. The number of rotatable bonds is 5. The van der Waals surface area contributed by atoms with Gasteiger partial charge in [0.05, 0.1) is 13.7 Å². The maximum Gasteiger partial charge on any atom is 0.344 e. The molecule has 0 aliphatic heterocycles. The molecule has 6 nitrogen and oxygen atoms in total. The summed E-state index contributed by atoms with van der Waals surface area (Å²) in [6, 6.07) is 9.60. The minimum Gasteiger partial charge on any atom is -0.497 e. The Bertz CT molecular complexity index is 1050. The minimum atomic E-state index is -0.598. The molecule has 0 spiro atoms. The van der Waals surface area contributed by atoms with Crippen molar-refractivity contribution in [3.63, 3.8) is 0 Å². The SMILES string of the molecule is CCOC(=O)c1c(C)c2cc(-c3ccc(OC)cc3)cnc2n(CC)c1=O. The third kappa shape index (κ3) is 3.30. The summed E-state index contributed by atoms with van der Waals surface area (Å²) in [7, 11) is 1.62. The lowest BCUT2D eigenvalue weighted by Crippen LogP contribution is -2.29. The fraction of sp³-hybridized carbons (Fsp3) is 0.286. The quantitative estimate of drug-likeness (QED) is 0.646. The van der Waals surface area contributed by atoms with Gasteiger partial charge in [-0.15, -0.1) is 0 Å². The molecule has 2 heterocycles. The Labute approximate surface area is 157 Å². The summed E-state index contributed by atoms with van der Waals surface area (Å²) in [6.07, 6.45) is 1.74. The van der Waals surface area contributed by atoms with E-state index in [4.69, 9.17) is 9.47 Å². The molecule has 27 heavy (non-hydrogen) atoms. The van der Waals surface area contributed by atoms with E-state index < -0.39 is 5.97 Å². The number of aryl methyl sites for hydroxylation is 2. The lowest BCUT2D eigenvalue weighted by Gasteiger charge is -2.14. The molecule has 1 aromatic carbocycles. The fourth-order valence-corrected chi connectivity index (χ4v) is 3.15. The third-order valence-electron chi connectivity index (χ3n) is 4.58. The van der Waals surface area contributed by atoms with Crippen LogP contribution in [0.1, 0.15) is 29.8 Å². The number of nitrogens with zero attached hydrogens (tertiary/aromatic N) is 2. The average Bonchev–Trinajstić information content (AvgIpc) is 2.68. The molecule has 0 saturated heterocycles. The van der Waals surface area contributed by atoms with Gasteiger partial charge in [-0.2, -0.15) is 0 Å². The topological polar surface area (TPSA) is 70.4 Å². The van der Waals surface area contributed by atoms with E-state index in [1.165, 1.54) is 4.57 Å². The number of hydrogen-bond acceptors (Lipinski definition) is 5. The van der Waals surface area contributed by atoms with Gasteiger partial charge in [-0.05, 0) is 50.1 Å². The number of hydrogen-bond donors (Lipinski definition) is 0. The number of benzene rings is 1. The van der Waals surface area contributed by atoms with E-state index in [0.29, 0.717) is 17.8 Å². The molecule has 0 N–H and O–H groups in total. The van der Waals surface area contributed by atoms with Gasteiger partial charge in [-0.1, -0.05) is 12.1 Å². The van der Waals surface area contributed by atoms with Crippen molar-refractivity contribution in [2.24, 2.45) is 0 Å². The maximum absolute atomic E-state index is 12.8. The lowest BCUT2D eigenvalue weighted by atomic mass is 10.0.